The Labute approximate surface area is 90.4 Å². The van der Waals surface area contributed by atoms with E-state index in [2.05, 4.69) is 0 Å². The molecule has 1 unspecified atom stereocenters. The number of aliphatic carboxylic acids is 1. The minimum absolute atomic E-state index is 0.126. The summed E-state index contributed by atoms with van der Waals surface area (Å²) in [6, 6.07) is 0. The summed E-state index contributed by atoms with van der Waals surface area (Å²) in [6.07, 6.45) is 0.867. The number of esters is 1. The van der Waals surface area contributed by atoms with Gasteiger partial charge in [-0.1, -0.05) is 6.92 Å². The molecule has 5 heteroatoms. The molecule has 0 heterocycles. The smallest absolute Gasteiger partial charge is 0.302 e. The molecule has 1 atom stereocenters. The van der Waals surface area contributed by atoms with E-state index < -0.39 is 5.97 Å². The van der Waals surface area contributed by atoms with Gasteiger partial charge in [-0.25, -0.2) is 0 Å². The maximum atomic E-state index is 10.4. The quantitative estimate of drug-likeness (QED) is 0.561. The molecular formula is C10H20O5. The number of carboxylic acids is 1. The summed E-state index contributed by atoms with van der Waals surface area (Å²) in [5.41, 5.74) is 0. The number of hydrogen-bond donors (Lipinski definition) is 1. The lowest BCUT2D eigenvalue weighted by atomic mass is 10.4. The van der Waals surface area contributed by atoms with Gasteiger partial charge in [-0.2, -0.15) is 0 Å². The van der Waals surface area contributed by atoms with Crippen LogP contribution in [0.2, 0.25) is 0 Å². The van der Waals surface area contributed by atoms with Crippen molar-refractivity contribution in [3.8, 4) is 0 Å². The van der Waals surface area contributed by atoms with Crippen molar-refractivity contribution in [2.24, 2.45) is 0 Å². The van der Waals surface area contributed by atoms with E-state index in [1.807, 2.05) is 13.8 Å². The molecule has 0 aromatic carbocycles. The van der Waals surface area contributed by atoms with Crippen LogP contribution in [0.4, 0.5) is 0 Å². The Morgan fingerprint density at radius 3 is 2.13 bits per heavy atom. The van der Waals surface area contributed by atoms with E-state index in [1.54, 1.807) is 0 Å². The fourth-order valence-electron chi connectivity index (χ4n) is 0.711. The first-order chi connectivity index (χ1) is 6.90. The minimum atomic E-state index is -0.833. The third kappa shape index (κ3) is 24.6. The van der Waals surface area contributed by atoms with Crippen molar-refractivity contribution in [1.82, 2.24) is 0 Å². The Kier molecular flexibility index (Phi) is 12.0. The molecule has 0 aliphatic rings. The van der Waals surface area contributed by atoms with Crippen molar-refractivity contribution in [2.45, 2.75) is 40.2 Å². The molecule has 0 aromatic rings. The highest BCUT2D eigenvalue weighted by molar-refractivity contribution is 5.66. The van der Waals surface area contributed by atoms with E-state index in [0.29, 0.717) is 6.61 Å². The highest BCUT2D eigenvalue weighted by Gasteiger charge is 2.03. The molecule has 0 spiro atoms. The highest BCUT2D eigenvalue weighted by Crippen LogP contribution is 1.92. The number of hydrogen-bond acceptors (Lipinski definition) is 4. The van der Waals surface area contributed by atoms with Gasteiger partial charge in [0.1, 0.15) is 6.10 Å². The van der Waals surface area contributed by atoms with Crippen LogP contribution in [0, 0.1) is 0 Å². The second-order valence-electron chi connectivity index (χ2n) is 3.01. The first kappa shape index (κ1) is 16.3. The second-order valence-corrected chi connectivity index (χ2v) is 3.01. The summed E-state index contributed by atoms with van der Waals surface area (Å²) in [6.45, 7) is 7.56. The molecule has 15 heavy (non-hydrogen) atoms. The lowest BCUT2D eigenvalue weighted by molar-refractivity contribution is -0.148. The molecule has 0 rings (SSSR count). The van der Waals surface area contributed by atoms with Gasteiger partial charge in [0.2, 0.25) is 0 Å². The molecule has 0 amide bonds. The van der Waals surface area contributed by atoms with Crippen LogP contribution in [0.15, 0.2) is 0 Å². The summed E-state index contributed by atoms with van der Waals surface area (Å²) in [7, 11) is 0. The van der Waals surface area contributed by atoms with Gasteiger partial charge in [-0.05, 0) is 13.3 Å². The molecule has 0 fully saturated rings. The Bertz CT molecular complexity index is 175. The largest absolute Gasteiger partial charge is 0.481 e. The zero-order chi connectivity index (χ0) is 12.3. The fraction of sp³-hybridized carbons (Fsp3) is 0.800. The molecule has 1 N–H and O–H groups in total. The normalized spacial score (nSPS) is 10.9. The Morgan fingerprint density at radius 2 is 1.80 bits per heavy atom. The Hall–Kier alpha value is -1.10. The van der Waals surface area contributed by atoms with Crippen LogP contribution in [0.3, 0.4) is 0 Å². The van der Waals surface area contributed by atoms with Crippen molar-refractivity contribution in [3.05, 3.63) is 0 Å². The molecule has 0 bridgehead atoms. The van der Waals surface area contributed by atoms with E-state index in [1.165, 1.54) is 6.92 Å². The van der Waals surface area contributed by atoms with Gasteiger partial charge in [0.25, 0.3) is 5.97 Å². The maximum Gasteiger partial charge on any atom is 0.302 e. The number of carbonyl (C=O) groups excluding carboxylic acids is 1. The first-order valence-corrected chi connectivity index (χ1v) is 4.84. The molecule has 0 aliphatic carbocycles. The Balaban J connectivity index is 0. The lowest BCUT2D eigenvalue weighted by Gasteiger charge is -2.11. The van der Waals surface area contributed by atoms with Crippen LogP contribution in [-0.4, -0.2) is 36.4 Å². The number of carboxylic acid groups (broad SMARTS) is 1. The van der Waals surface area contributed by atoms with E-state index in [4.69, 9.17) is 19.4 Å². The third-order valence-corrected chi connectivity index (χ3v) is 1.07. The average molecular weight is 220 g/mol. The van der Waals surface area contributed by atoms with Gasteiger partial charge in [0, 0.05) is 20.5 Å². The van der Waals surface area contributed by atoms with Gasteiger partial charge in [0.15, 0.2) is 0 Å². The van der Waals surface area contributed by atoms with E-state index in [0.717, 1.165) is 20.0 Å². The topological polar surface area (TPSA) is 72.8 Å². The lowest BCUT2D eigenvalue weighted by Crippen LogP contribution is -2.18. The van der Waals surface area contributed by atoms with E-state index in [-0.39, 0.29) is 12.1 Å². The zero-order valence-corrected chi connectivity index (χ0v) is 9.78. The number of ether oxygens (including phenoxy) is 2. The summed E-state index contributed by atoms with van der Waals surface area (Å²) in [5.74, 6) is -1.09. The van der Waals surface area contributed by atoms with Gasteiger partial charge >= 0.3 is 5.97 Å². The zero-order valence-electron chi connectivity index (χ0n) is 9.78. The first-order valence-electron chi connectivity index (χ1n) is 4.84. The number of carbonyl (C=O) groups is 2. The molecule has 90 valence electrons. The molecule has 0 radical (unpaired) electrons. The summed E-state index contributed by atoms with van der Waals surface area (Å²) < 4.78 is 10.0. The SMILES string of the molecule is CC(=O)O.CCCOCC(C)OC(C)=O. The van der Waals surface area contributed by atoms with Crippen molar-refractivity contribution in [1.29, 1.82) is 0 Å². The molecule has 0 aromatic heterocycles. The van der Waals surface area contributed by atoms with Crippen molar-refractivity contribution >= 4 is 11.9 Å². The average Bonchev–Trinajstić information content (AvgIpc) is 2.02. The van der Waals surface area contributed by atoms with Gasteiger partial charge in [0.05, 0.1) is 6.61 Å². The van der Waals surface area contributed by atoms with Crippen molar-refractivity contribution < 1.29 is 24.2 Å². The van der Waals surface area contributed by atoms with Crippen molar-refractivity contribution in [2.75, 3.05) is 13.2 Å². The molecule has 0 aliphatic heterocycles. The van der Waals surface area contributed by atoms with E-state index in [9.17, 15) is 4.79 Å². The highest BCUT2D eigenvalue weighted by atomic mass is 16.6. The third-order valence-electron chi connectivity index (χ3n) is 1.07. The predicted octanol–water partition coefficient (Wildman–Crippen LogP) is 1.46. The standard InChI is InChI=1S/C8H16O3.C2H4O2/c1-4-5-10-6-7(2)11-8(3)9;1-2(3)4/h7H,4-6H2,1-3H3;1H3,(H,3,4). The van der Waals surface area contributed by atoms with Crippen molar-refractivity contribution in [3.63, 3.8) is 0 Å². The molecule has 0 saturated carbocycles. The molecule has 0 saturated heterocycles. The van der Waals surface area contributed by atoms with Crippen LogP contribution >= 0.6 is 0 Å². The minimum Gasteiger partial charge on any atom is -0.481 e. The van der Waals surface area contributed by atoms with Gasteiger partial charge in [-0.3, -0.25) is 9.59 Å². The van der Waals surface area contributed by atoms with Gasteiger partial charge < -0.3 is 14.6 Å². The summed E-state index contributed by atoms with van der Waals surface area (Å²) >= 11 is 0. The summed E-state index contributed by atoms with van der Waals surface area (Å²) in [5, 5.41) is 7.42. The monoisotopic (exact) mass is 220 g/mol. The van der Waals surface area contributed by atoms with Gasteiger partial charge in [-0.15, -0.1) is 0 Å². The van der Waals surface area contributed by atoms with Crippen LogP contribution in [0.25, 0.3) is 0 Å². The predicted molar refractivity (Wildman–Crippen MR) is 55.6 cm³/mol. The number of rotatable bonds is 5. The molecule has 5 nitrogen and oxygen atoms in total. The van der Waals surface area contributed by atoms with Crippen LogP contribution in [-0.2, 0) is 19.1 Å². The van der Waals surface area contributed by atoms with E-state index >= 15 is 0 Å². The maximum absolute atomic E-state index is 10.4. The molecular weight excluding hydrogens is 200 g/mol. The second kappa shape index (κ2) is 11.0. The van der Waals surface area contributed by atoms with Crippen LogP contribution in [0.1, 0.15) is 34.1 Å². The van der Waals surface area contributed by atoms with Crippen LogP contribution in [0.5, 0.6) is 0 Å². The Morgan fingerprint density at radius 1 is 1.33 bits per heavy atom. The summed E-state index contributed by atoms with van der Waals surface area (Å²) in [4.78, 5) is 19.4. The fourth-order valence-corrected chi connectivity index (χ4v) is 0.711. The van der Waals surface area contributed by atoms with Crippen LogP contribution < -0.4 is 0 Å².